The van der Waals surface area contributed by atoms with Crippen LogP contribution in [0.4, 0.5) is 0 Å². The largest absolute Gasteiger partial charge is 0.508 e. The van der Waals surface area contributed by atoms with Crippen LogP contribution in [-0.2, 0) is 43.1 Å². The van der Waals surface area contributed by atoms with Crippen LogP contribution in [0.2, 0.25) is 0 Å². The van der Waals surface area contributed by atoms with E-state index in [4.69, 9.17) is 24.7 Å². The first-order chi connectivity index (χ1) is 44.4. The average Bonchev–Trinajstić information content (AvgIpc) is 0.764. The second kappa shape index (κ2) is 28.1. The van der Waals surface area contributed by atoms with Crippen LogP contribution in [0.5, 0.6) is 46.0 Å². The molecule has 0 aliphatic carbocycles. The molecule has 15 N–H and O–H groups in total. The first kappa shape index (κ1) is 69.0. The van der Waals surface area contributed by atoms with Crippen molar-refractivity contribution in [2.75, 3.05) is 20.7 Å². The normalized spacial score (nSPS) is 25.9. The molecule has 5 aromatic carbocycles. The van der Waals surface area contributed by atoms with E-state index in [9.17, 15) is 59.7 Å². The third-order valence-corrected chi connectivity index (χ3v) is 17.6. The Hall–Kier alpha value is -9.38. The third kappa shape index (κ3) is 14.2. The van der Waals surface area contributed by atoms with E-state index in [0.29, 0.717) is 18.4 Å². The van der Waals surface area contributed by atoms with Crippen molar-refractivity contribution in [2.24, 2.45) is 17.6 Å². The summed E-state index contributed by atoms with van der Waals surface area (Å²) in [4.78, 5) is 119. The summed E-state index contributed by atoms with van der Waals surface area (Å²) < 4.78 is 26.5. The van der Waals surface area contributed by atoms with Gasteiger partial charge in [0.1, 0.15) is 89.9 Å². The van der Waals surface area contributed by atoms with Crippen LogP contribution in [0, 0.1) is 32.6 Å². The van der Waals surface area contributed by atoms with E-state index in [1.54, 1.807) is 46.7 Å². The summed E-state index contributed by atoms with van der Waals surface area (Å²) in [5, 5.41) is 97.0. The molecule has 14 atom stereocenters. The van der Waals surface area contributed by atoms with Crippen LogP contribution in [0.3, 0.4) is 0 Å². The van der Waals surface area contributed by atoms with E-state index in [1.807, 2.05) is 13.8 Å². The number of likely N-dealkylation sites (N-methyl/N-ethyl adjacent to an activating group) is 1. The number of primary amides is 1. The number of aliphatic hydroxyl groups is 4. The van der Waals surface area contributed by atoms with Gasteiger partial charge >= 0.3 is 0 Å². The maximum atomic E-state index is 16.0. The lowest BCUT2D eigenvalue weighted by molar-refractivity contribution is -0.202. The number of ether oxygens (including phenoxy) is 4. The molecule has 1 saturated heterocycles. The number of nitrogens with one attached hydrogen (secondary N) is 6. The molecule has 5 aromatic rings. The summed E-state index contributed by atoms with van der Waals surface area (Å²) in [5.74, 6) is -11.8. The van der Waals surface area contributed by atoms with E-state index < -0.39 is 156 Å². The minimum Gasteiger partial charge on any atom is -0.508 e. The highest BCUT2D eigenvalue weighted by Crippen LogP contribution is 2.49. The van der Waals surface area contributed by atoms with Crippen molar-refractivity contribution in [1.82, 2.24) is 36.8 Å². The van der Waals surface area contributed by atoms with Crippen LogP contribution in [0.1, 0.15) is 129 Å². The fraction of sp³-hybridized carbons (Fsp3) is 0.433. The lowest BCUT2D eigenvalue weighted by Crippen LogP contribution is -2.59. The number of aromatic hydroxyl groups is 3. The van der Waals surface area contributed by atoms with E-state index in [2.05, 4.69) is 31.9 Å². The monoisotopic (exact) mass is 1300 g/mol. The standard InChI is InChI=1S/C67H80N8O19/c1-11-43-60(84)57(81)31(7)48(92-43)26-91-61-46-22-36-23-47(61)94-45-17-14-35(20-29(45)5)59(83)55-67(90)70-51(32(8)76)38-24-42(78)30(6)56(80)50(38)37-21-33(12-15-41(37)77)52(64(87)74-55)72-65(88)53(36)71-62(85)39(25-49(68)79)69-66(89)54(73-63(86)40(75(9)10)18-27(2)3)58(82)34-13-16-44(93-46)28(4)19-34/h12-17,19-24,27,31,39-40,43,48,51-55,57-60,77-78,80-84H,11,18,25-26H2,1-10H3,(H2,68,79)(H,69,89)(H,70,90)(H,71,85)(H,72,88)(H,73,86)(H,74,87). The van der Waals surface area contributed by atoms with Crippen molar-refractivity contribution >= 4 is 47.1 Å². The Morgan fingerprint density at radius 3 is 1.83 bits per heavy atom. The highest BCUT2D eigenvalue weighted by Gasteiger charge is 2.44. The molecule has 27 nitrogen and oxygen atoms in total. The number of phenolic OH excluding ortho intramolecular Hbond substituents is 3. The van der Waals surface area contributed by atoms with Gasteiger partial charge in [-0.15, -0.1) is 0 Å². The zero-order valence-electron chi connectivity index (χ0n) is 53.5. The molecule has 1 fully saturated rings. The number of aryl methyl sites for hydroxylation is 2. The topological polar surface area (TPSA) is 417 Å². The van der Waals surface area contributed by atoms with Crippen molar-refractivity contribution in [3.8, 4) is 57.1 Å². The number of amides is 7. The zero-order chi connectivity index (χ0) is 68.6. The SMILES string of the molecule is CCC1OC(COc2c3cc4cc2Oc2ccc(cc2C)C(O)C(NC(=O)C(CC(C)C)N(C)C)C(=O)NC(CC(N)=O)C(=O)NC4C(=O)NC2C(=O)NC(C(=O)NC(C(C)=O)c4cc(O)c(C)c(O)c4-c4cc2ccc4O)C(O)c2ccc(c(C)c2)O3)C(C)C(O)C1O. The molecule has 0 spiro atoms. The number of hydrogen-bond donors (Lipinski definition) is 14. The number of nitrogens with two attached hydrogens (primary N) is 1. The van der Waals surface area contributed by atoms with Crippen LogP contribution >= 0.6 is 0 Å². The average molecular weight is 1300 g/mol. The summed E-state index contributed by atoms with van der Waals surface area (Å²) in [6.07, 6.45) is -8.41. The summed E-state index contributed by atoms with van der Waals surface area (Å²) in [5.41, 5.74) is 5.08. The van der Waals surface area contributed by atoms with Crippen LogP contribution in [0.15, 0.2) is 72.8 Å². The molecule has 7 amide bonds. The van der Waals surface area contributed by atoms with Gasteiger partial charge in [0.05, 0.1) is 30.8 Å². The van der Waals surface area contributed by atoms with E-state index in [-0.39, 0.29) is 91.3 Å². The Bertz CT molecular complexity index is 3820. The number of nitrogens with zero attached hydrogens (tertiary/aromatic N) is 1. The fourth-order valence-corrected chi connectivity index (χ4v) is 12.1. The van der Waals surface area contributed by atoms with Gasteiger partial charge in [-0.2, -0.15) is 0 Å². The highest BCUT2D eigenvalue weighted by atomic mass is 16.6. The van der Waals surface area contributed by atoms with Crippen molar-refractivity contribution in [2.45, 2.75) is 154 Å². The van der Waals surface area contributed by atoms with Gasteiger partial charge < -0.3 is 92.3 Å². The number of hydrogen-bond acceptors (Lipinski definition) is 20. The summed E-state index contributed by atoms with van der Waals surface area (Å²) in [7, 11) is 3.31. The Morgan fingerprint density at radius 1 is 0.670 bits per heavy atom. The number of benzene rings is 5. The first-order valence-corrected chi connectivity index (χ1v) is 30.8. The van der Waals surface area contributed by atoms with Gasteiger partial charge in [0, 0.05) is 22.6 Å². The fourth-order valence-electron chi connectivity index (χ4n) is 12.1. The molecule has 11 bridgehead atoms. The molecule has 94 heavy (non-hydrogen) atoms. The van der Waals surface area contributed by atoms with Gasteiger partial charge in [0.15, 0.2) is 17.3 Å². The molecule has 11 rings (SSSR count). The lowest BCUT2D eigenvalue weighted by atomic mass is 9.87. The predicted molar refractivity (Wildman–Crippen MR) is 336 cm³/mol. The quantitative estimate of drug-likeness (QED) is 0.0853. The number of aliphatic hydroxyl groups excluding tert-OH is 4. The molecular weight excluding hydrogens is 1220 g/mol. The van der Waals surface area contributed by atoms with Crippen molar-refractivity contribution in [3.63, 3.8) is 0 Å². The molecule has 6 aliphatic heterocycles. The number of ketones is 1. The van der Waals surface area contributed by atoms with Gasteiger partial charge in [-0.25, -0.2) is 0 Å². The molecular formula is C67H80N8O19. The molecule has 0 saturated carbocycles. The highest BCUT2D eigenvalue weighted by molar-refractivity contribution is 6.01. The minimum absolute atomic E-state index is 0.00163. The molecule has 27 heteroatoms. The summed E-state index contributed by atoms with van der Waals surface area (Å²) in [6.45, 7) is 12.5. The zero-order valence-corrected chi connectivity index (χ0v) is 53.5. The smallest absolute Gasteiger partial charge is 0.248 e. The minimum atomic E-state index is -2.12. The van der Waals surface area contributed by atoms with Gasteiger partial charge in [-0.3, -0.25) is 43.3 Å². The number of carbonyl (C=O) groups is 8. The maximum Gasteiger partial charge on any atom is 0.248 e. The van der Waals surface area contributed by atoms with Crippen LogP contribution in [-0.4, -0.2) is 157 Å². The Morgan fingerprint density at radius 2 is 1.26 bits per heavy atom. The maximum absolute atomic E-state index is 16.0. The van der Waals surface area contributed by atoms with E-state index >= 15 is 14.4 Å². The molecule has 502 valence electrons. The molecule has 0 radical (unpaired) electrons. The van der Waals surface area contributed by atoms with Gasteiger partial charge in [-0.1, -0.05) is 45.9 Å². The molecule has 6 aliphatic rings. The summed E-state index contributed by atoms with van der Waals surface area (Å²) >= 11 is 0. The first-order valence-electron chi connectivity index (χ1n) is 30.8. The molecule has 14 unspecified atom stereocenters. The van der Waals surface area contributed by atoms with Gasteiger partial charge in [0.25, 0.3) is 0 Å². The number of Topliss-reactive ketones (excluding diaryl/α,β-unsaturated/α-hetero) is 1. The third-order valence-electron chi connectivity index (χ3n) is 17.6. The number of rotatable bonds is 12. The molecule has 0 aromatic heterocycles. The molecule has 6 heterocycles. The van der Waals surface area contributed by atoms with Crippen molar-refractivity contribution in [3.05, 3.63) is 117 Å². The Labute approximate surface area is 541 Å². The Balaban J connectivity index is 1.31. The van der Waals surface area contributed by atoms with Crippen LogP contribution < -0.4 is 51.8 Å². The van der Waals surface area contributed by atoms with Crippen LogP contribution in [0.25, 0.3) is 11.1 Å². The number of carbonyl (C=O) groups excluding carboxylic acids is 8. The second-order valence-electron chi connectivity index (χ2n) is 25.1. The van der Waals surface area contributed by atoms with Crippen molar-refractivity contribution < 1.29 is 93.0 Å². The van der Waals surface area contributed by atoms with E-state index in [1.165, 1.54) is 67.6 Å². The lowest BCUT2D eigenvalue weighted by Gasteiger charge is -2.41. The van der Waals surface area contributed by atoms with Crippen molar-refractivity contribution in [1.29, 1.82) is 0 Å². The van der Waals surface area contributed by atoms with E-state index in [0.717, 1.165) is 19.1 Å². The van der Waals surface area contributed by atoms with Gasteiger partial charge in [-0.05, 0) is 154 Å². The van der Waals surface area contributed by atoms with Gasteiger partial charge in [0.2, 0.25) is 47.1 Å². The number of fused-ring (bicyclic) bond motifs is 15. The second-order valence-corrected chi connectivity index (χ2v) is 25.1. The predicted octanol–water partition coefficient (Wildman–Crippen LogP) is 3.07. The number of phenols is 3. The summed E-state index contributed by atoms with van der Waals surface area (Å²) in [6, 6.07) is 3.05. The Kier molecular flexibility index (Phi) is 20.6.